The number of alkyl halides is 3. The Bertz CT molecular complexity index is 1300. The number of pyridine rings is 1. The minimum atomic E-state index is -4.74. The summed E-state index contributed by atoms with van der Waals surface area (Å²) in [6.07, 6.45) is -0.929. The van der Waals surface area contributed by atoms with E-state index < -0.39 is 29.8 Å². The van der Waals surface area contributed by atoms with Crippen LogP contribution < -0.4 is 0 Å². The number of aromatic nitrogens is 7. The van der Waals surface area contributed by atoms with Gasteiger partial charge in [0.25, 0.3) is 11.7 Å². The number of aryl methyl sites for hydroxylation is 2. The lowest BCUT2D eigenvalue weighted by molar-refractivity contribution is -0.144. The molecule has 0 saturated carbocycles. The van der Waals surface area contributed by atoms with E-state index in [-0.39, 0.29) is 6.54 Å². The maximum atomic E-state index is 13.3. The lowest BCUT2D eigenvalue weighted by Crippen LogP contribution is -2.42. The monoisotopic (exact) mass is 430 g/mol. The van der Waals surface area contributed by atoms with Crippen LogP contribution in [0.1, 0.15) is 45.1 Å². The highest BCUT2D eigenvalue weighted by molar-refractivity contribution is 5.91. The Morgan fingerprint density at radius 2 is 2.10 bits per heavy atom. The predicted octanol–water partition coefficient (Wildman–Crippen LogP) is 2.30. The highest BCUT2D eigenvalue weighted by atomic mass is 19.4. The van der Waals surface area contributed by atoms with Crippen LogP contribution in [0.15, 0.2) is 30.7 Å². The number of amides is 1. The van der Waals surface area contributed by atoms with Crippen LogP contribution in [-0.4, -0.2) is 51.7 Å². The van der Waals surface area contributed by atoms with Crippen molar-refractivity contribution in [3.63, 3.8) is 0 Å². The minimum Gasteiger partial charge on any atom is -0.348 e. The first-order chi connectivity index (χ1) is 14.7. The van der Waals surface area contributed by atoms with Crippen LogP contribution in [0, 0.1) is 6.92 Å². The summed E-state index contributed by atoms with van der Waals surface area (Å²) in [5, 5.41) is 7.98. The topological polar surface area (TPSA) is 97.0 Å². The van der Waals surface area contributed by atoms with Gasteiger partial charge in [-0.25, -0.2) is 14.2 Å². The van der Waals surface area contributed by atoms with Gasteiger partial charge in [-0.3, -0.25) is 4.79 Å². The second-order valence-corrected chi connectivity index (χ2v) is 7.39. The number of fused-ring (bicyclic) bond motifs is 2. The van der Waals surface area contributed by atoms with Crippen molar-refractivity contribution >= 4 is 11.4 Å². The van der Waals surface area contributed by atoms with Gasteiger partial charge in [0, 0.05) is 31.9 Å². The molecule has 9 nitrogen and oxygen atoms in total. The van der Waals surface area contributed by atoms with Crippen molar-refractivity contribution in [2.75, 3.05) is 6.54 Å². The molecule has 0 spiro atoms. The zero-order valence-corrected chi connectivity index (χ0v) is 16.6. The number of aromatic amines is 1. The smallest absolute Gasteiger partial charge is 0.348 e. The van der Waals surface area contributed by atoms with Gasteiger partial charge in [-0.1, -0.05) is 6.07 Å². The molecule has 5 heterocycles. The summed E-state index contributed by atoms with van der Waals surface area (Å²) in [6, 6.07) is 5.00. The molecule has 0 radical (unpaired) electrons. The third kappa shape index (κ3) is 3.05. The molecule has 1 amide bonds. The lowest BCUT2D eigenvalue weighted by Gasteiger charge is -2.33. The number of hydrogen-bond acceptors (Lipinski definition) is 5. The molecule has 31 heavy (non-hydrogen) atoms. The number of nitrogens with one attached hydrogen (secondary N) is 1. The minimum absolute atomic E-state index is 0.264. The summed E-state index contributed by atoms with van der Waals surface area (Å²) in [5.41, 5.74) is 3.90. The average Bonchev–Trinajstić information content (AvgIpc) is 3.44. The van der Waals surface area contributed by atoms with Gasteiger partial charge in [-0.2, -0.15) is 23.3 Å². The average molecular weight is 430 g/mol. The number of imidazole rings is 1. The number of rotatable bonds is 2. The number of carbonyl (C=O) groups excluding carboxylic acids is 1. The summed E-state index contributed by atoms with van der Waals surface area (Å²) >= 11 is 0. The quantitative estimate of drug-likeness (QED) is 0.526. The maximum Gasteiger partial charge on any atom is 0.453 e. The molecular formula is C19H17F3N8O. The van der Waals surface area contributed by atoms with Gasteiger partial charge < -0.3 is 9.88 Å². The van der Waals surface area contributed by atoms with E-state index in [4.69, 9.17) is 0 Å². The Morgan fingerprint density at radius 1 is 1.29 bits per heavy atom. The molecule has 4 aromatic heterocycles. The molecule has 1 N–H and O–H groups in total. The summed E-state index contributed by atoms with van der Waals surface area (Å²) in [7, 11) is 1.27. The molecule has 1 aliphatic rings. The molecule has 1 atom stereocenters. The first-order valence-electron chi connectivity index (χ1n) is 9.50. The summed E-state index contributed by atoms with van der Waals surface area (Å²) in [5.74, 6) is -2.41. The number of nitrogens with zero attached hydrogens (tertiary/aromatic N) is 7. The van der Waals surface area contributed by atoms with E-state index in [0.29, 0.717) is 17.8 Å². The molecule has 1 unspecified atom stereocenters. The Morgan fingerprint density at radius 3 is 2.81 bits per heavy atom. The fourth-order valence-electron chi connectivity index (χ4n) is 3.92. The fraction of sp³-hybridized carbons (Fsp3) is 0.316. The Labute approximate surface area is 173 Å². The summed E-state index contributed by atoms with van der Waals surface area (Å²) in [4.78, 5) is 25.7. The van der Waals surface area contributed by atoms with Crippen LogP contribution >= 0.6 is 0 Å². The molecule has 0 aromatic carbocycles. The second-order valence-electron chi connectivity index (χ2n) is 7.39. The zero-order valence-electron chi connectivity index (χ0n) is 16.6. The third-order valence-electron chi connectivity index (χ3n) is 5.41. The number of H-pyrrole nitrogens is 1. The first kappa shape index (κ1) is 19.3. The van der Waals surface area contributed by atoms with E-state index >= 15 is 0 Å². The molecule has 5 rings (SSSR count). The molecule has 12 heteroatoms. The van der Waals surface area contributed by atoms with Crippen molar-refractivity contribution in [1.29, 1.82) is 0 Å². The predicted molar refractivity (Wildman–Crippen MR) is 101 cm³/mol. The fourth-order valence-corrected chi connectivity index (χ4v) is 3.92. The maximum absolute atomic E-state index is 13.3. The van der Waals surface area contributed by atoms with Crippen LogP contribution in [0.4, 0.5) is 13.2 Å². The standard InChI is InChI=1S/C19H17F3N8O/c1-10-4-3-6-30-13(10)8-12(26-30)15-14-11(23-9-24-14)5-7-29(15)17(31)16-25-18(19(20,21)22)27-28(16)2/h3-4,6,8-9,15H,5,7H2,1-2H3,(H,23,24). The molecular weight excluding hydrogens is 413 g/mol. The molecule has 0 saturated heterocycles. The first-order valence-corrected chi connectivity index (χ1v) is 9.50. The van der Waals surface area contributed by atoms with Gasteiger partial charge in [0.15, 0.2) is 0 Å². The summed E-state index contributed by atoms with van der Waals surface area (Å²) < 4.78 is 41.7. The van der Waals surface area contributed by atoms with E-state index in [0.717, 1.165) is 21.5 Å². The highest BCUT2D eigenvalue weighted by Crippen LogP contribution is 2.35. The van der Waals surface area contributed by atoms with Gasteiger partial charge in [0.1, 0.15) is 6.04 Å². The van der Waals surface area contributed by atoms with Crippen LogP contribution in [0.2, 0.25) is 0 Å². The van der Waals surface area contributed by atoms with Gasteiger partial charge in [-0.15, -0.1) is 5.10 Å². The molecule has 0 fully saturated rings. The van der Waals surface area contributed by atoms with Crippen molar-refractivity contribution in [2.45, 2.75) is 25.6 Å². The molecule has 0 aliphatic carbocycles. The van der Waals surface area contributed by atoms with Gasteiger partial charge >= 0.3 is 6.18 Å². The van der Waals surface area contributed by atoms with Gasteiger partial charge in [0.2, 0.25) is 5.82 Å². The van der Waals surface area contributed by atoms with Gasteiger partial charge in [-0.05, 0) is 24.6 Å². The Balaban J connectivity index is 1.61. The number of halogens is 3. The number of carbonyl (C=O) groups is 1. The van der Waals surface area contributed by atoms with Crippen LogP contribution in [0.5, 0.6) is 0 Å². The van der Waals surface area contributed by atoms with Crippen LogP contribution in [-0.2, 0) is 19.6 Å². The Hall–Kier alpha value is -3.70. The van der Waals surface area contributed by atoms with Crippen molar-refractivity contribution in [3.05, 3.63) is 65.0 Å². The van der Waals surface area contributed by atoms with E-state index in [1.54, 1.807) is 10.7 Å². The van der Waals surface area contributed by atoms with Crippen LogP contribution in [0.25, 0.3) is 5.52 Å². The van der Waals surface area contributed by atoms with Crippen molar-refractivity contribution in [3.8, 4) is 0 Å². The van der Waals surface area contributed by atoms with E-state index in [9.17, 15) is 18.0 Å². The second kappa shape index (κ2) is 6.65. The SMILES string of the molecule is Cc1cccn2nc(C3c4nc[nH]c4CCN3C(=O)c3nc(C(F)(F)F)nn3C)cc12. The van der Waals surface area contributed by atoms with Gasteiger partial charge in [0.05, 0.1) is 23.2 Å². The van der Waals surface area contributed by atoms with E-state index in [1.165, 1.54) is 18.3 Å². The van der Waals surface area contributed by atoms with Crippen molar-refractivity contribution < 1.29 is 18.0 Å². The molecule has 160 valence electrons. The molecule has 1 aliphatic heterocycles. The number of hydrogen-bond donors (Lipinski definition) is 1. The lowest BCUT2D eigenvalue weighted by atomic mass is 9.99. The molecule has 0 bridgehead atoms. The van der Waals surface area contributed by atoms with Crippen molar-refractivity contribution in [1.82, 2.24) is 39.2 Å². The van der Waals surface area contributed by atoms with Crippen LogP contribution in [0.3, 0.4) is 0 Å². The third-order valence-corrected chi connectivity index (χ3v) is 5.41. The Kier molecular flexibility index (Phi) is 4.14. The van der Waals surface area contributed by atoms with Crippen molar-refractivity contribution in [2.24, 2.45) is 7.05 Å². The summed E-state index contributed by atoms with van der Waals surface area (Å²) in [6.45, 7) is 2.21. The highest BCUT2D eigenvalue weighted by Gasteiger charge is 2.41. The van der Waals surface area contributed by atoms with E-state index in [1.807, 2.05) is 25.1 Å². The van der Waals surface area contributed by atoms with E-state index in [2.05, 4.69) is 25.1 Å². The molecule has 4 aromatic rings. The normalized spacial score (nSPS) is 16.7. The largest absolute Gasteiger partial charge is 0.453 e. The zero-order chi connectivity index (χ0) is 21.9.